The van der Waals surface area contributed by atoms with Gasteiger partial charge < -0.3 is 20.5 Å². The van der Waals surface area contributed by atoms with E-state index in [1.54, 1.807) is 12.0 Å². The molecule has 3 N–H and O–H groups in total. The zero-order valence-electron chi connectivity index (χ0n) is 11.4. The Hall–Kier alpha value is -0.720. The third-order valence-corrected chi connectivity index (χ3v) is 3.70. The van der Waals surface area contributed by atoms with Gasteiger partial charge in [0, 0.05) is 20.2 Å². The lowest BCUT2D eigenvalue weighted by Crippen LogP contribution is -2.51. The Bertz CT molecular complexity index is 280. The molecule has 0 fully saturated rings. The van der Waals surface area contributed by atoms with Crippen molar-refractivity contribution in [2.75, 3.05) is 33.4 Å². The van der Waals surface area contributed by atoms with Gasteiger partial charge in [0.1, 0.15) is 0 Å². The van der Waals surface area contributed by atoms with Crippen LogP contribution in [-0.4, -0.2) is 54.3 Å². The van der Waals surface area contributed by atoms with E-state index in [0.717, 1.165) is 0 Å². The summed E-state index contributed by atoms with van der Waals surface area (Å²) in [5.74, 6) is -0.119. The molecule has 6 heteroatoms. The first kappa shape index (κ1) is 17.3. The van der Waals surface area contributed by atoms with Crippen molar-refractivity contribution in [1.29, 1.82) is 0 Å². The minimum atomic E-state index is -0.807. The number of nitrogens with two attached hydrogens (primary N) is 1. The van der Waals surface area contributed by atoms with E-state index in [9.17, 15) is 4.79 Å². The third-order valence-electron chi connectivity index (χ3n) is 3.31. The van der Waals surface area contributed by atoms with Gasteiger partial charge in [0.2, 0.25) is 5.91 Å². The number of hydrogen-bond acceptors (Lipinski definition) is 4. The van der Waals surface area contributed by atoms with Crippen molar-refractivity contribution in [3.8, 4) is 0 Å². The smallest absolute Gasteiger partial charge is 0.235 e. The predicted octanol–water partition coefficient (Wildman–Crippen LogP) is 0.546. The number of carbonyl (C=O) groups excluding carboxylic acids is 1. The fraction of sp³-hybridized carbons (Fsp3) is 0.833. The molecule has 5 nitrogen and oxygen atoms in total. The molecule has 0 unspecified atom stereocenters. The second-order valence-corrected chi connectivity index (χ2v) is 4.60. The van der Waals surface area contributed by atoms with Gasteiger partial charge in [-0.15, -0.1) is 0 Å². The molecule has 0 aromatic rings. The SMILES string of the molecule is CCC(CC)(C(=O)N(CCO)CCOC)C(N)=S. The number of nitrogens with zero attached hydrogens (tertiary/aromatic N) is 1. The van der Waals surface area contributed by atoms with Gasteiger partial charge in [0.15, 0.2) is 0 Å². The van der Waals surface area contributed by atoms with Gasteiger partial charge in [-0.3, -0.25) is 4.79 Å². The Balaban J connectivity index is 5.05. The average Bonchev–Trinajstić information content (AvgIpc) is 2.36. The molecule has 0 bridgehead atoms. The van der Waals surface area contributed by atoms with Crippen LogP contribution in [0, 0.1) is 5.41 Å². The van der Waals surface area contributed by atoms with Crippen molar-refractivity contribution in [1.82, 2.24) is 4.90 Å². The summed E-state index contributed by atoms with van der Waals surface area (Å²) in [4.78, 5) is 14.3. The summed E-state index contributed by atoms with van der Waals surface area (Å²) in [5.41, 5.74) is 4.94. The topological polar surface area (TPSA) is 75.8 Å². The zero-order valence-corrected chi connectivity index (χ0v) is 12.3. The minimum Gasteiger partial charge on any atom is -0.395 e. The number of aliphatic hydroxyl groups is 1. The number of rotatable bonds is 9. The molecule has 1 amide bonds. The minimum absolute atomic E-state index is 0.0870. The Kier molecular flexibility index (Phi) is 8.06. The number of amides is 1. The molecule has 0 aromatic carbocycles. The van der Waals surface area contributed by atoms with Crippen LogP contribution in [0.2, 0.25) is 0 Å². The molecule has 0 atom stereocenters. The van der Waals surface area contributed by atoms with Crippen molar-refractivity contribution in [3.05, 3.63) is 0 Å². The second-order valence-electron chi connectivity index (χ2n) is 4.16. The molecule has 0 rings (SSSR count). The molecule has 0 spiro atoms. The van der Waals surface area contributed by atoms with Crippen molar-refractivity contribution >= 4 is 23.1 Å². The first-order valence-corrected chi connectivity index (χ1v) is 6.60. The lowest BCUT2D eigenvalue weighted by atomic mass is 9.80. The van der Waals surface area contributed by atoms with Gasteiger partial charge in [-0.25, -0.2) is 0 Å². The molecule has 0 saturated carbocycles. The lowest BCUT2D eigenvalue weighted by Gasteiger charge is -2.35. The summed E-state index contributed by atoms with van der Waals surface area (Å²) in [6.45, 7) is 4.83. The van der Waals surface area contributed by atoms with Crippen LogP contribution in [-0.2, 0) is 9.53 Å². The van der Waals surface area contributed by atoms with Crippen molar-refractivity contribution in [2.45, 2.75) is 26.7 Å². The average molecular weight is 276 g/mol. The van der Waals surface area contributed by atoms with E-state index in [1.807, 2.05) is 13.8 Å². The predicted molar refractivity (Wildman–Crippen MR) is 75.3 cm³/mol. The number of ether oxygens (including phenoxy) is 1. The van der Waals surface area contributed by atoms with E-state index in [-0.39, 0.29) is 24.0 Å². The molecular formula is C12H24N2O3S. The Morgan fingerprint density at radius 3 is 2.28 bits per heavy atom. The van der Waals surface area contributed by atoms with Gasteiger partial charge >= 0.3 is 0 Å². The summed E-state index contributed by atoms with van der Waals surface area (Å²) in [7, 11) is 1.57. The Morgan fingerprint density at radius 2 is 1.94 bits per heavy atom. The highest BCUT2D eigenvalue weighted by Gasteiger charge is 2.40. The fourth-order valence-electron chi connectivity index (χ4n) is 1.95. The highest BCUT2D eigenvalue weighted by molar-refractivity contribution is 7.80. The van der Waals surface area contributed by atoms with Crippen molar-refractivity contribution in [3.63, 3.8) is 0 Å². The molecule has 18 heavy (non-hydrogen) atoms. The van der Waals surface area contributed by atoms with Crippen LogP contribution in [0.15, 0.2) is 0 Å². The van der Waals surface area contributed by atoms with E-state index in [4.69, 9.17) is 27.8 Å². The van der Waals surface area contributed by atoms with Gasteiger partial charge in [-0.2, -0.15) is 0 Å². The van der Waals surface area contributed by atoms with Crippen LogP contribution in [0.4, 0.5) is 0 Å². The zero-order chi connectivity index (χ0) is 14.2. The van der Waals surface area contributed by atoms with Gasteiger partial charge in [-0.05, 0) is 12.8 Å². The normalized spacial score (nSPS) is 11.3. The molecule has 0 heterocycles. The largest absolute Gasteiger partial charge is 0.395 e. The molecule has 0 saturated heterocycles. The maximum atomic E-state index is 12.6. The summed E-state index contributed by atoms with van der Waals surface area (Å²) < 4.78 is 4.97. The molecule has 0 aliphatic carbocycles. The fourth-order valence-corrected chi connectivity index (χ4v) is 2.32. The standard InChI is InChI=1S/C12H24N2O3S/c1-4-12(5-2,10(13)18)11(16)14(6-8-15)7-9-17-3/h15H,4-9H2,1-3H3,(H2,13,18). The molecule has 0 aromatic heterocycles. The van der Waals surface area contributed by atoms with E-state index in [2.05, 4.69) is 0 Å². The van der Waals surface area contributed by atoms with Crippen LogP contribution >= 0.6 is 12.2 Å². The van der Waals surface area contributed by atoms with Crippen LogP contribution in [0.1, 0.15) is 26.7 Å². The van der Waals surface area contributed by atoms with E-state index in [1.165, 1.54) is 0 Å². The van der Waals surface area contributed by atoms with Gasteiger partial charge in [0.05, 0.1) is 23.6 Å². The monoisotopic (exact) mass is 276 g/mol. The maximum Gasteiger partial charge on any atom is 0.235 e. The summed E-state index contributed by atoms with van der Waals surface area (Å²) in [5, 5.41) is 9.04. The third kappa shape index (κ3) is 3.90. The van der Waals surface area contributed by atoms with Crippen LogP contribution < -0.4 is 5.73 Å². The van der Waals surface area contributed by atoms with Gasteiger partial charge in [0.25, 0.3) is 0 Å². The molecule has 0 aliphatic rings. The summed E-state index contributed by atoms with van der Waals surface area (Å²) in [6, 6.07) is 0. The van der Waals surface area contributed by atoms with E-state index >= 15 is 0 Å². The van der Waals surface area contributed by atoms with Crippen LogP contribution in [0.5, 0.6) is 0 Å². The highest BCUT2D eigenvalue weighted by atomic mass is 32.1. The number of aliphatic hydroxyl groups excluding tert-OH is 1. The molecular weight excluding hydrogens is 252 g/mol. The van der Waals surface area contributed by atoms with Crippen LogP contribution in [0.25, 0.3) is 0 Å². The van der Waals surface area contributed by atoms with Crippen molar-refractivity contribution in [2.24, 2.45) is 11.1 Å². The lowest BCUT2D eigenvalue weighted by molar-refractivity contribution is -0.139. The first-order chi connectivity index (χ1) is 8.49. The molecule has 0 radical (unpaired) electrons. The summed E-state index contributed by atoms with van der Waals surface area (Å²) >= 11 is 5.06. The second kappa shape index (κ2) is 8.39. The van der Waals surface area contributed by atoms with E-state index in [0.29, 0.717) is 26.0 Å². The molecule has 106 valence electrons. The van der Waals surface area contributed by atoms with Crippen molar-refractivity contribution < 1.29 is 14.6 Å². The van der Waals surface area contributed by atoms with E-state index < -0.39 is 5.41 Å². The number of thiocarbonyl (C=S) groups is 1. The Morgan fingerprint density at radius 1 is 1.39 bits per heavy atom. The number of carbonyl (C=O) groups is 1. The summed E-state index contributed by atoms with van der Waals surface area (Å²) in [6.07, 6.45) is 1.12. The quantitative estimate of drug-likeness (QED) is 0.601. The maximum absolute atomic E-state index is 12.6. The first-order valence-electron chi connectivity index (χ1n) is 6.19. The number of hydrogen-bond donors (Lipinski definition) is 2. The van der Waals surface area contributed by atoms with Gasteiger partial charge in [-0.1, -0.05) is 26.1 Å². The van der Waals surface area contributed by atoms with Crippen LogP contribution in [0.3, 0.4) is 0 Å². The highest BCUT2D eigenvalue weighted by Crippen LogP contribution is 2.29. The Labute approximate surface area is 114 Å². The molecule has 0 aliphatic heterocycles. The number of methoxy groups -OCH3 is 1.